The van der Waals surface area contributed by atoms with Gasteiger partial charge >= 0.3 is 0 Å². The zero-order valence-electron chi connectivity index (χ0n) is 9.12. The maximum atomic E-state index is 5.82. The quantitative estimate of drug-likeness (QED) is 0.746. The van der Waals surface area contributed by atoms with E-state index in [0.717, 1.165) is 30.9 Å². The van der Waals surface area contributed by atoms with Gasteiger partial charge in [0.05, 0.1) is 11.6 Å². The number of hydrogen-bond donors (Lipinski definition) is 0. The molecule has 4 heteroatoms. The van der Waals surface area contributed by atoms with Crippen molar-refractivity contribution in [3.05, 3.63) is 17.3 Å². The summed E-state index contributed by atoms with van der Waals surface area (Å²) in [6.07, 6.45) is 2.12. The van der Waals surface area contributed by atoms with Gasteiger partial charge in [0.25, 0.3) is 0 Å². The van der Waals surface area contributed by atoms with Crippen molar-refractivity contribution >= 4 is 11.6 Å². The van der Waals surface area contributed by atoms with Gasteiger partial charge in [-0.3, -0.25) is 0 Å². The minimum atomic E-state index is 0.0412. The molecule has 0 amide bonds. The van der Waals surface area contributed by atoms with Crippen LogP contribution in [0, 0.1) is 0 Å². The molecular formula is C11H16ClNO2. The largest absolute Gasteiger partial charge is 0.441 e. The van der Waals surface area contributed by atoms with Crippen LogP contribution in [0.2, 0.25) is 0 Å². The van der Waals surface area contributed by atoms with E-state index in [0.29, 0.717) is 17.7 Å². The Kier molecular flexibility index (Phi) is 3.32. The van der Waals surface area contributed by atoms with Gasteiger partial charge in [-0.05, 0) is 18.8 Å². The summed E-state index contributed by atoms with van der Waals surface area (Å²) in [4.78, 5) is 4.49. The molecule has 2 heterocycles. The number of hydrogen-bond acceptors (Lipinski definition) is 3. The SMILES string of the molecule is CC(C)c1nc(C2CCCO2)oc1CCl. The van der Waals surface area contributed by atoms with Crippen LogP contribution in [0.5, 0.6) is 0 Å². The minimum absolute atomic E-state index is 0.0412. The van der Waals surface area contributed by atoms with Gasteiger partial charge in [0.15, 0.2) is 0 Å². The van der Waals surface area contributed by atoms with E-state index in [4.69, 9.17) is 20.8 Å². The highest BCUT2D eigenvalue weighted by molar-refractivity contribution is 6.16. The molecule has 2 rings (SSSR count). The number of ether oxygens (including phenoxy) is 1. The average Bonchev–Trinajstić information content (AvgIpc) is 2.86. The van der Waals surface area contributed by atoms with Gasteiger partial charge in [0.2, 0.25) is 5.89 Å². The lowest BCUT2D eigenvalue weighted by atomic mass is 10.1. The Morgan fingerprint density at radius 3 is 2.80 bits per heavy atom. The van der Waals surface area contributed by atoms with E-state index >= 15 is 0 Å². The summed E-state index contributed by atoms with van der Waals surface area (Å²) in [7, 11) is 0. The molecule has 1 aliphatic rings. The molecule has 0 N–H and O–H groups in total. The molecule has 0 saturated carbocycles. The summed E-state index contributed by atoms with van der Waals surface area (Å²) in [5.41, 5.74) is 0.968. The Labute approximate surface area is 94.8 Å². The van der Waals surface area contributed by atoms with Crippen molar-refractivity contribution in [2.75, 3.05) is 6.61 Å². The molecule has 15 heavy (non-hydrogen) atoms. The topological polar surface area (TPSA) is 35.3 Å². The second-order valence-electron chi connectivity index (χ2n) is 4.15. The smallest absolute Gasteiger partial charge is 0.223 e. The van der Waals surface area contributed by atoms with Crippen LogP contribution in [0.25, 0.3) is 0 Å². The predicted molar refractivity (Wildman–Crippen MR) is 58.1 cm³/mol. The van der Waals surface area contributed by atoms with Gasteiger partial charge in [0.1, 0.15) is 11.9 Å². The van der Waals surface area contributed by atoms with Crippen LogP contribution in [-0.2, 0) is 10.6 Å². The van der Waals surface area contributed by atoms with Gasteiger partial charge in [-0.1, -0.05) is 13.8 Å². The molecule has 84 valence electrons. The van der Waals surface area contributed by atoms with Crippen LogP contribution in [0.4, 0.5) is 0 Å². The summed E-state index contributed by atoms with van der Waals surface area (Å²) in [6, 6.07) is 0. The van der Waals surface area contributed by atoms with E-state index < -0.39 is 0 Å². The van der Waals surface area contributed by atoms with Crippen LogP contribution in [0.3, 0.4) is 0 Å². The van der Waals surface area contributed by atoms with E-state index in [9.17, 15) is 0 Å². The number of halogens is 1. The molecular weight excluding hydrogens is 214 g/mol. The van der Waals surface area contributed by atoms with Crippen LogP contribution in [0.15, 0.2) is 4.42 Å². The molecule has 1 unspecified atom stereocenters. The number of nitrogens with zero attached hydrogens (tertiary/aromatic N) is 1. The first-order valence-electron chi connectivity index (χ1n) is 5.39. The van der Waals surface area contributed by atoms with E-state index in [-0.39, 0.29) is 6.10 Å². The number of alkyl halides is 1. The Balaban J connectivity index is 2.25. The summed E-state index contributed by atoms with van der Waals surface area (Å²) >= 11 is 5.82. The average molecular weight is 230 g/mol. The van der Waals surface area contributed by atoms with Crippen LogP contribution in [0.1, 0.15) is 56.1 Å². The molecule has 0 radical (unpaired) electrons. The lowest BCUT2D eigenvalue weighted by Gasteiger charge is -2.02. The molecule has 3 nitrogen and oxygen atoms in total. The van der Waals surface area contributed by atoms with Crippen molar-refractivity contribution in [1.29, 1.82) is 0 Å². The Morgan fingerprint density at radius 1 is 1.53 bits per heavy atom. The van der Waals surface area contributed by atoms with Crippen LogP contribution >= 0.6 is 11.6 Å². The van der Waals surface area contributed by atoms with Gasteiger partial charge in [0, 0.05) is 6.61 Å². The van der Waals surface area contributed by atoms with E-state index in [1.165, 1.54) is 0 Å². The molecule has 1 fully saturated rings. The number of aromatic nitrogens is 1. The lowest BCUT2D eigenvalue weighted by Crippen LogP contribution is -1.97. The molecule has 1 aliphatic heterocycles. The summed E-state index contributed by atoms with van der Waals surface area (Å²) in [5, 5.41) is 0. The third kappa shape index (κ3) is 2.18. The van der Waals surface area contributed by atoms with Crippen LogP contribution in [-0.4, -0.2) is 11.6 Å². The Bertz CT molecular complexity index is 329. The summed E-state index contributed by atoms with van der Waals surface area (Å²) < 4.78 is 11.2. The first-order chi connectivity index (χ1) is 7.22. The highest BCUT2D eigenvalue weighted by Gasteiger charge is 2.25. The normalized spacial score (nSPS) is 21.5. The van der Waals surface area contributed by atoms with Crippen molar-refractivity contribution in [3.63, 3.8) is 0 Å². The Hall–Kier alpha value is -0.540. The molecule has 0 aliphatic carbocycles. The molecule has 1 atom stereocenters. The second kappa shape index (κ2) is 4.54. The van der Waals surface area contributed by atoms with Gasteiger partial charge in [-0.15, -0.1) is 11.6 Å². The highest BCUT2D eigenvalue weighted by atomic mass is 35.5. The van der Waals surface area contributed by atoms with Gasteiger partial charge in [-0.25, -0.2) is 4.98 Å². The Morgan fingerprint density at radius 2 is 2.33 bits per heavy atom. The van der Waals surface area contributed by atoms with Crippen molar-refractivity contribution < 1.29 is 9.15 Å². The zero-order chi connectivity index (χ0) is 10.8. The first-order valence-corrected chi connectivity index (χ1v) is 5.93. The molecule has 0 spiro atoms. The standard InChI is InChI=1S/C11H16ClNO2/c1-7(2)10-9(6-12)15-11(13-10)8-4-3-5-14-8/h7-8H,3-6H2,1-2H3. The fourth-order valence-corrected chi connectivity index (χ4v) is 2.03. The minimum Gasteiger partial charge on any atom is -0.441 e. The zero-order valence-corrected chi connectivity index (χ0v) is 9.88. The predicted octanol–water partition coefficient (Wildman–Crippen LogP) is 3.39. The van der Waals surface area contributed by atoms with Crippen LogP contribution < -0.4 is 0 Å². The fourth-order valence-electron chi connectivity index (χ4n) is 1.84. The summed E-state index contributed by atoms with van der Waals surface area (Å²) in [5.74, 6) is 2.22. The van der Waals surface area contributed by atoms with Crippen molar-refractivity contribution in [3.8, 4) is 0 Å². The molecule has 1 aromatic heterocycles. The maximum Gasteiger partial charge on any atom is 0.223 e. The highest BCUT2D eigenvalue weighted by Crippen LogP contribution is 2.31. The fraction of sp³-hybridized carbons (Fsp3) is 0.727. The third-order valence-electron chi connectivity index (χ3n) is 2.62. The van der Waals surface area contributed by atoms with Crippen molar-refractivity contribution in [2.45, 2.75) is 44.6 Å². The summed E-state index contributed by atoms with van der Waals surface area (Å²) in [6.45, 7) is 4.99. The first kappa shape index (κ1) is 11.0. The van der Waals surface area contributed by atoms with Crippen molar-refractivity contribution in [2.24, 2.45) is 0 Å². The number of rotatable bonds is 3. The molecule has 1 aromatic rings. The van der Waals surface area contributed by atoms with Gasteiger partial charge < -0.3 is 9.15 Å². The maximum absolute atomic E-state index is 5.82. The lowest BCUT2D eigenvalue weighted by molar-refractivity contribution is 0.0884. The third-order valence-corrected chi connectivity index (χ3v) is 2.86. The molecule has 1 saturated heterocycles. The number of oxazole rings is 1. The monoisotopic (exact) mass is 229 g/mol. The van der Waals surface area contributed by atoms with E-state index in [2.05, 4.69) is 18.8 Å². The molecule has 0 bridgehead atoms. The van der Waals surface area contributed by atoms with E-state index in [1.54, 1.807) is 0 Å². The second-order valence-corrected chi connectivity index (χ2v) is 4.42. The van der Waals surface area contributed by atoms with Gasteiger partial charge in [-0.2, -0.15) is 0 Å². The van der Waals surface area contributed by atoms with E-state index in [1.807, 2.05) is 0 Å². The molecule has 0 aromatic carbocycles. The van der Waals surface area contributed by atoms with Crippen molar-refractivity contribution in [1.82, 2.24) is 4.98 Å².